The van der Waals surface area contributed by atoms with Gasteiger partial charge in [-0.2, -0.15) is 13.2 Å². The molecule has 5 heterocycles. The molecule has 2 aliphatic rings. The third kappa shape index (κ3) is 5.54. The molecule has 8 bridgehead atoms. The topological polar surface area (TPSA) is 96.0 Å². The van der Waals surface area contributed by atoms with E-state index in [1.54, 1.807) is 6.07 Å². The van der Waals surface area contributed by atoms with Gasteiger partial charge in [0.2, 0.25) is 0 Å². The van der Waals surface area contributed by atoms with Crippen molar-refractivity contribution < 1.29 is 13.2 Å². The molecule has 7 nitrogen and oxygen atoms in total. The van der Waals surface area contributed by atoms with Crippen molar-refractivity contribution in [3.8, 4) is 56.5 Å². The summed E-state index contributed by atoms with van der Waals surface area (Å²) in [4.78, 5) is 33.9. The highest BCUT2D eigenvalue weighted by Gasteiger charge is 2.32. The smallest absolute Gasteiger partial charge is 0.339 e. The second-order valence-corrected chi connectivity index (χ2v) is 17.0. The number of fused-ring (bicyclic) bond motifs is 24. The van der Waals surface area contributed by atoms with E-state index in [0.29, 0.717) is 56.8 Å². The van der Waals surface area contributed by atoms with Crippen molar-refractivity contribution in [3.05, 3.63) is 175 Å². The van der Waals surface area contributed by atoms with Gasteiger partial charge in [0.15, 0.2) is 17.5 Å². The summed E-state index contributed by atoms with van der Waals surface area (Å²) in [6, 6.07) is 54.5. The Morgan fingerprint density at radius 1 is 0.348 bits per heavy atom. The van der Waals surface area contributed by atoms with E-state index in [0.717, 1.165) is 93.0 Å². The van der Waals surface area contributed by atoms with Crippen molar-refractivity contribution in [3.63, 3.8) is 0 Å². The Labute approximate surface area is 372 Å². The molecule has 66 heavy (non-hydrogen) atoms. The molecule has 14 rings (SSSR count). The lowest BCUT2D eigenvalue weighted by Crippen LogP contribution is -2.04. The molecule has 9 aromatic carbocycles. The van der Waals surface area contributed by atoms with Crippen molar-refractivity contribution in [2.75, 3.05) is 0 Å². The molecule has 0 saturated heterocycles. The van der Waals surface area contributed by atoms with Gasteiger partial charge in [0.1, 0.15) is 16.9 Å². The molecule has 0 spiro atoms. The van der Waals surface area contributed by atoms with Gasteiger partial charge in [-0.3, -0.25) is 0 Å². The Hall–Kier alpha value is -8.76. The van der Waals surface area contributed by atoms with Crippen LogP contribution in [0.15, 0.2) is 170 Å². The zero-order valence-corrected chi connectivity index (χ0v) is 34.5. The number of rotatable bonds is 1. The van der Waals surface area contributed by atoms with Crippen LogP contribution >= 0.6 is 0 Å². The van der Waals surface area contributed by atoms with Crippen LogP contribution in [0, 0.1) is 0 Å². The van der Waals surface area contributed by atoms with Crippen molar-refractivity contribution >= 4 is 87.1 Å². The molecule has 0 unspecified atom stereocenters. The summed E-state index contributed by atoms with van der Waals surface area (Å²) in [6.45, 7) is 0. The summed E-state index contributed by atoms with van der Waals surface area (Å²) in [5.74, 6) is 1.33. The normalized spacial score (nSPS) is 12.5. The molecule has 0 amide bonds. The van der Waals surface area contributed by atoms with Crippen LogP contribution in [-0.4, -0.2) is 34.9 Å². The number of H-pyrrole nitrogens is 2. The Morgan fingerprint density at radius 3 is 1.23 bits per heavy atom. The fourth-order valence-electron chi connectivity index (χ4n) is 9.93. The van der Waals surface area contributed by atoms with E-state index in [-0.39, 0.29) is 0 Å². The van der Waals surface area contributed by atoms with Crippen molar-refractivity contribution in [1.82, 2.24) is 34.9 Å². The number of halogens is 3. The Bertz CT molecular complexity index is 4300. The molecule has 0 aliphatic carbocycles. The van der Waals surface area contributed by atoms with Crippen LogP contribution in [0.1, 0.15) is 5.56 Å². The third-order valence-corrected chi connectivity index (χ3v) is 13.1. The first-order valence-corrected chi connectivity index (χ1v) is 21.6. The molecule has 12 aromatic rings. The maximum Gasteiger partial charge on any atom is 0.416 e. The van der Waals surface area contributed by atoms with Crippen LogP contribution in [-0.2, 0) is 6.18 Å². The lowest BCUT2D eigenvalue weighted by Gasteiger charge is -2.12. The average Bonchev–Trinajstić information content (AvgIpc) is 4.06. The van der Waals surface area contributed by atoms with E-state index in [1.807, 2.05) is 72.8 Å². The zero-order valence-electron chi connectivity index (χ0n) is 34.5. The van der Waals surface area contributed by atoms with Crippen LogP contribution in [0.2, 0.25) is 0 Å². The number of aromatic nitrogens is 7. The largest absolute Gasteiger partial charge is 0.416 e. The quantitative estimate of drug-likeness (QED) is 0.171. The summed E-state index contributed by atoms with van der Waals surface area (Å²) in [5.41, 5.74) is 5.75. The SMILES string of the molecule is FC(F)(F)c1cccc(-c2c3nc(nc4[nH]c(nc5nc(nc6[nH]c2c2cc7ccccc7cc62)-c2cc6ccccc6cc2-5)c2cc5ccccc5cc42)-c2cc4ccccc4cc2-3)c1. The Kier molecular flexibility index (Phi) is 7.44. The molecule has 0 radical (unpaired) electrons. The summed E-state index contributed by atoms with van der Waals surface area (Å²) < 4.78 is 44.2. The van der Waals surface area contributed by atoms with Crippen LogP contribution < -0.4 is 0 Å². The van der Waals surface area contributed by atoms with Gasteiger partial charge in [0.05, 0.1) is 16.8 Å². The second-order valence-electron chi connectivity index (χ2n) is 17.0. The maximum atomic E-state index is 14.7. The number of hydrogen-bond acceptors (Lipinski definition) is 5. The molecule has 0 atom stereocenters. The maximum absolute atomic E-state index is 14.7. The molecule has 2 N–H and O–H groups in total. The van der Waals surface area contributed by atoms with Gasteiger partial charge in [-0.1, -0.05) is 109 Å². The van der Waals surface area contributed by atoms with Gasteiger partial charge in [0.25, 0.3) is 0 Å². The number of hydrogen-bond donors (Lipinski definition) is 2. The number of benzene rings is 9. The predicted molar refractivity (Wildman–Crippen MR) is 259 cm³/mol. The first-order valence-electron chi connectivity index (χ1n) is 21.6. The van der Waals surface area contributed by atoms with Gasteiger partial charge in [-0.05, 0) is 109 Å². The standard InChI is InChI=1S/C56H30F3N7/c57-56(58,59)38-19-9-18-37(20-38)47-48-39-21-29-10-1-3-12-31(29)23-41(39)50(60-48)62-52-43-25-33-14-5-7-16-35(33)27-45(43)54(64-52)66-55-46-28-36-17-8-6-15-34(36)26-44(46)53(65-55)63-51-42-24-32-13-4-2-11-30(32)22-40(42)49(47)61-51/h1-28H,(H2,60,61,62,63,64,65,66). The van der Waals surface area contributed by atoms with Gasteiger partial charge in [-0.25, -0.2) is 24.9 Å². The van der Waals surface area contributed by atoms with E-state index in [2.05, 4.69) is 82.8 Å². The monoisotopic (exact) mass is 857 g/mol. The van der Waals surface area contributed by atoms with E-state index in [9.17, 15) is 13.2 Å². The highest BCUT2D eigenvalue weighted by Crippen LogP contribution is 2.47. The lowest BCUT2D eigenvalue weighted by atomic mass is 9.93. The van der Waals surface area contributed by atoms with E-state index in [4.69, 9.17) is 24.9 Å². The van der Waals surface area contributed by atoms with Crippen molar-refractivity contribution in [1.29, 1.82) is 0 Å². The summed E-state index contributed by atoms with van der Waals surface area (Å²) >= 11 is 0. The fraction of sp³-hybridized carbons (Fsp3) is 0.0179. The van der Waals surface area contributed by atoms with E-state index >= 15 is 0 Å². The highest BCUT2D eigenvalue weighted by molar-refractivity contribution is 6.18. The number of nitrogens with zero attached hydrogens (tertiary/aromatic N) is 5. The minimum absolute atomic E-state index is 0.330. The van der Waals surface area contributed by atoms with Crippen molar-refractivity contribution in [2.45, 2.75) is 6.18 Å². The number of nitrogens with one attached hydrogen (secondary N) is 2. The summed E-state index contributed by atoms with van der Waals surface area (Å²) in [6.07, 6.45) is -4.60. The van der Waals surface area contributed by atoms with Gasteiger partial charge in [-0.15, -0.1) is 0 Å². The number of alkyl halides is 3. The van der Waals surface area contributed by atoms with Crippen LogP contribution in [0.25, 0.3) is 144 Å². The molecule has 3 aromatic heterocycles. The van der Waals surface area contributed by atoms with Crippen LogP contribution in [0.4, 0.5) is 13.2 Å². The average molecular weight is 858 g/mol. The lowest BCUT2D eigenvalue weighted by molar-refractivity contribution is -0.137. The summed E-state index contributed by atoms with van der Waals surface area (Å²) in [7, 11) is 0. The van der Waals surface area contributed by atoms with Crippen molar-refractivity contribution in [2.24, 2.45) is 0 Å². The minimum Gasteiger partial charge on any atom is -0.339 e. The highest BCUT2D eigenvalue weighted by atomic mass is 19.4. The van der Waals surface area contributed by atoms with E-state index < -0.39 is 11.7 Å². The fourth-order valence-corrected chi connectivity index (χ4v) is 9.93. The van der Waals surface area contributed by atoms with Gasteiger partial charge in [0, 0.05) is 49.4 Å². The number of aromatic amines is 2. The second kappa shape index (κ2) is 13.4. The molecule has 310 valence electrons. The van der Waals surface area contributed by atoms with Crippen LogP contribution in [0.5, 0.6) is 0 Å². The molecular weight excluding hydrogens is 828 g/mol. The van der Waals surface area contributed by atoms with Gasteiger partial charge >= 0.3 is 6.18 Å². The zero-order chi connectivity index (χ0) is 43.8. The minimum atomic E-state index is -4.60. The van der Waals surface area contributed by atoms with Crippen LogP contribution in [0.3, 0.4) is 0 Å². The molecule has 0 saturated carbocycles. The third-order valence-electron chi connectivity index (χ3n) is 13.1. The molecule has 0 fully saturated rings. The molecule has 2 aliphatic heterocycles. The summed E-state index contributed by atoms with van der Waals surface area (Å²) in [5, 5.41) is 11.2. The first-order chi connectivity index (χ1) is 32.3. The first kappa shape index (κ1) is 36.7. The van der Waals surface area contributed by atoms with E-state index in [1.165, 1.54) is 12.1 Å². The Balaban J connectivity index is 1.24. The molecule has 10 heteroatoms. The predicted octanol–water partition coefficient (Wildman–Crippen LogP) is 14.8. The molecular formula is C56H30F3N7. The van der Waals surface area contributed by atoms with Gasteiger partial charge < -0.3 is 9.97 Å². The Morgan fingerprint density at radius 2 is 0.742 bits per heavy atom.